The van der Waals surface area contributed by atoms with Crippen molar-refractivity contribution in [1.29, 1.82) is 0 Å². The molecule has 2 amide bonds. The molecule has 0 radical (unpaired) electrons. The van der Waals surface area contributed by atoms with E-state index < -0.39 is 6.10 Å². The molecular weight excluding hydrogens is 336 g/mol. The molecule has 0 fully saturated rings. The van der Waals surface area contributed by atoms with Gasteiger partial charge in [0.1, 0.15) is 5.82 Å². The lowest BCUT2D eigenvalue weighted by atomic mass is 10.1. The number of ether oxygens (including phenoxy) is 1. The van der Waals surface area contributed by atoms with Gasteiger partial charge in [-0.25, -0.2) is 4.98 Å². The number of nitrogens with zero attached hydrogens (tertiary/aromatic N) is 2. The maximum atomic E-state index is 12.6. The molecule has 0 bridgehead atoms. The molecule has 2 aromatic rings. The van der Waals surface area contributed by atoms with E-state index in [1.165, 1.54) is 11.8 Å². The number of nitrogen functional groups attached to an aromatic ring is 1. The third-order valence-corrected chi connectivity index (χ3v) is 3.86. The third kappa shape index (κ3) is 3.49. The number of hydrogen-bond acceptors (Lipinski definition) is 6. The van der Waals surface area contributed by atoms with Gasteiger partial charge in [0.2, 0.25) is 5.91 Å². The number of carbonyl (C=O) groups is 3. The number of amides is 2. The van der Waals surface area contributed by atoms with Gasteiger partial charge in [-0.3, -0.25) is 19.3 Å². The summed E-state index contributed by atoms with van der Waals surface area (Å²) in [5.41, 5.74) is 6.70. The van der Waals surface area contributed by atoms with Crippen LogP contribution in [0, 0.1) is 0 Å². The van der Waals surface area contributed by atoms with Gasteiger partial charge in [0.25, 0.3) is 5.91 Å². The minimum atomic E-state index is -0.720. The largest absolute Gasteiger partial charge is 0.477 e. The summed E-state index contributed by atoms with van der Waals surface area (Å²) in [6, 6.07) is 9.64. The molecule has 1 aromatic carbocycles. The van der Waals surface area contributed by atoms with E-state index in [0.29, 0.717) is 17.0 Å². The lowest BCUT2D eigenvalue weighted by Gasteiger charge is -2.31. The van der Waals surface area contributed by atoms with Crippen molar-refractivity contribution in [2.45, 2.75) is 20.0 Å². The average Bonchev–Trinajstić information content (AvgIpc) is 2.59. The Labute approximate surface area is 150 Å². The van der Waals surface area contributed by atoms with E-state index in [1.807, 2.05) is 0 Å². The molecule has 1 aliphatic heterocycles. The summed E-state index contributed by atoms with van der Waals surface area (Å²) in [5.74, 6) is 0.0382. The number of hydrogen-bond donors (Lipinski definition) is 2. The molecule has 0 saturated carbocycles. The maximum absolute atomic E-state index is 12.6. The molecule has 0 spiro atoms. The van der Waals surface area contributed by atoms with Crippen molar-refractivity contribution in [3.8, 4) is 5.75 Å². The molecule has 2 heterocycles. The topological polar surface area (TPSA) is 115 Å². The van der Waals surface area contributed by atoms with Crippen LogP contribution in [0.15, 0.2) is 36.4 Å². The second kappa shape index (κ2) is 6.83. The number of nitrogens with one attached hydrogen (secondary N) is 1. The monoisotopic (exact) mass is 354 g/mol. The SMILES string of the molecule is CC(=O)Nc1ccc(C(=O)CN2C(=O)C(C)Oc3ccc(N)nc32)cc1. The van der Waals surface area contributed by atoms with Gasteiger partial charge in [0, 0.05) is 18.2 Å². The van der Waals surface area contributed by atoms with Crippen LogP contribution in [0.3, 0.4) is 0 Å². The van der Waals surface area contributed by atoms with Crippen molar-refractivity contribution in [2.24, 2.45) is 0 Å². The molecule has 3 rings (SSSR count). The van der Waals surface area contributed by atoms with Gasteiger partial charge in [-0.1, -0.05) is 0 Å². The van der Waals surface area contributed by atoms with Gasteiger partial charge in [-0.15, -0.1) is 0 Å². The molecule has 1 aliphatic rings. The zero-order valence-electron chi connectivity index (χ0n) is 14.4. The number of rotatable bonds is 4. The number of pyridine rings is 1. The van der Waals surface area contributed by atoms with Crippen LogP contribution in [0.4, 0.5) is 17.3 Å². The lowest BCUT2D eigenvalue weighted by molar-refractivity contribution is -0.125. The van der Waals surface area contributed by atoms with Crippen molar-refractivity contribution in [1.82, 2.24) is 4.98 Å². The van der Waals surface area contributed by atoms with Crippen LogP contribution in [0.5, 0.6) is 5.75 Å². The molecule has 134 valence electrons. The first-order valence-corrected chi connectivity index (χ1v) is 8.00. The van der Waals surface area contributed by atoms with Crippen molar-refractivity contribution >= 4 is 34.9 Å². The lowest BCUT2D eigenvalue weighted by Crippen LogP contribution is -2.47. The fourth-order valence-electron chi connectivity index (χ4n) is 2.63. The minimum absolute atomic E-state index is 0.185. The summed E-state index contributed by atoms with van der Waals surface area (Å²) in [4.78, 5) is 41.5. The highest BCUT2D eigenvalue weighted by Crippen LogP contribution is 2.33. The molecule has 8 nitrogen and oxygen atoms in total. The summed E-state index contributed by atoms with van der Waals surface area (Å²) < 4.78 is 5.51. The fraction of sp³-hybridized carbons (Fsp3) is 0.222. The molecule has 3 N–H and O–H groups in total. The van der Waals surface area contributed by atoms with Gasteiger partial charge in [0.05, 0.1) is 6.54 Å². The number of benzene rings is 1. The predicted molar refractivity (Wildman–Crippen MR) is 96.2 cm³/mol. The first kappa shape index (κ1) is 17.4. The Morgan fingerprint density at radius 1 is 1.23 bits per heavy atom. The summed E-state index contributed by atoms with van der Waals surface area (Å²) in [5, 5.41) is 2.63. The number of nitrogens with two attached hydrogens (primary N) is 1. The molecule has 26 heavy (non-hydrogen) atoms. The summed E-state index contributed by atoms with van der Waals surface area (Å²) in [7, 11) is 0. The van der Waals surface area contributed by atoms with Gasteiger partial charge in [-0.05, 0) is 43.3 Å². The molecule has 1 atom stereocenters. The molecule has 8 heteroatoms. The molecule has 0 aliphatic carbocycles. The van der Waals surface area contributed by atoms with Crippen molar-refractivity contribution in [3.63, 3.8) is 0 Å². The van der Waals surface area contributed by atoms with Crippen LogP contribution in [0.25, 0.3) is 0 Å². The summed E-state index contributed by atoms with van der Waals surface area (Å²) in [6.07, 6.45) is -0.720. The minimum Gasteiger partial charge on any atom is -0.477 e. The smallest absolute Gasteiger partial charge is 0.269 e. The Bertz CT molecular complexity index is 879. The summed E-state index contributed by atoms with van der Waals surface area (Å²) >= 11 is 0. The van der Waals surface area contributed by atoms with E-state index in [2.05, 4.69) is 10.3 Å². The number of fused-ring (bicyclic) bond motifs is 1. The van der Waals surface area contributed by atoms with Crippen LogP contribution in [0.2, 0.25) is 0 Å². The van der Waals surface area contributed by atoms with Crippen molar-refractivity contribution in [3.05, 3.63) is 42.0 Å². The van der Waals surface area contributed by atoms with Gasteiger partial charge >= 0.3 is 0 Å². The fourth-order valence-corrected chi connectivity index (χ4v) is 2.63. The number of aromatic nitrogens is 1. The number of ketones is 1. The van der Waals surface area contributed by atoms with E-state index in [4.69, 9.17) is 10.5 Å². The Morgan fingerprint density at radius 2 is 1.92 bits per heavy atom. The Balaban J connectivity index is 1.83. The van der Waals surface area contributed by atoms with Crippen molar-refractivity contribution < 1.29 is 19.1 Å². The van der Waals surface area contributed by atoms with Crippen LogP contribution in [0.1, 0.15) is 24.2 Å². The van der Waals surface area contributed by atoms with Gasteiger partial charge < -0.3 is 15.8 Å². The average molecular weight is 354 g/mol. The van der Waals surface area contributed by atoms with E-state index in [0.717, 1.165) is 0 Å². The van der Waals surface area contributed by atoms with Crippen LogP contribution >= 0.6 is 0 Å². The normalized spacial score (nSPS) is 15.8. The van der Waals surface area contributed by atoms with E-state index in [1.54, 1.807) is 43.3 Å². The number of carbonyl (C=O) groups excluding carboxylic acids is 3. The second-order valence-electron chi connectivity index (χ2n) is 5.92. The molecular formula is C18H18N4O4. The molecule has 1 aromatic heterocycles. The zero-order valence-corrected chi connectivity index (χ0v) is 14.4. The highest BCUT2D eigenvalue weighted by molar-refractivity contribution is 6.07. The van der Waals surface area contributed by atoms with E-state index in [-0.39, 0.29) is 35.8 Å². The number of Topliss-reactive ketones (excluding diaryl/α,β-unsaturated/α-hetero) is 1. The highest BCUT2D eigenvalue weighted by Gasteiger charge is 2.34. The second-order valence-corrected chi connectivity index (χ2v) is 5.92. The first-order valence-electron chi connectivity index (χ1n) is 8.00. The van der Waals surface area contributed by atoms with Crippen LogP contribution in [-0.4, -0.2) is 35.2 Å². The first-order chi connectivity index (χ1) is 12.3. The van der Waals surface area contributed by atoms with E-state index >= 15 is 0 Å². The number of anilines is 3. The molecule has 1 unspecified atom stereocenters. The van der Waals surface area contributed by atoms with Crippen molar-refractivity contribution in [2.75, 3.05) is 22.5 Å². The third-order valence-electron chi connectivity index (χ3n) is 3.86. The van der Waals surface area contributed by atoms with Crippen LogP contribution < -0.4 is 20.7 Å². The van der Waals surface area contributed by atoms with Crippen LogP contribution in [-0.2, 0) is 9.59 Å². The Morgan fingerprint density at radius 3 is 2.58 bits per heavy atom. The van der Waals surface area contributed by atoms with E-state index in [9.17, 15) is 14.4 Å². The standard InChI is InChI=1S/C18H18N4O4/c1-10-18(25)22(17-15(26-10)7-8-16(19)21-17)9-14(24)12-3-5-13(6-4-12)20-11(2)23/h3-8,10H,9H2,1-2H3,(H2,19,21)(H,20,23). The Kier molecular flexibility index (Phi) is 4.57. The zero-order chi connectivity index (χ0) is 18.8. The predicted octanol–water partition coefficient (Wildman–Crippen LogP) is 1.62. The maximum Gasteiger partial charge on any atom is 0.269 e. The van der Waals surface area contributed by atoms with Gasteiger partial charge in [-0.2, -0.15) is 0 Å². The highest BCUT2D eigenvalue weighted by atomic mass is 16.5. The quantitative estimate of drug-likeness (QED) is 0.806. The Hall–Kier alpha value is -3.42. The summed E-state index contributed by atoms with van der Waals surface area (Å²) in [6.45, 7) is 2.83. The van der Waals surface area contributed by atoms with Gasteiger partial charge in [0.15, 0.2) is 23.5 Å². The molecule has 0 saturated heterocycles.